The minimum absolute atomic E-state index is 0.137. The topological polar surface area (TPSA) is 188 Å². The van der Waals surface area contributed by atoms with Crippen LogP contribution in [0.25, 0.3) is 0 Å². The van der Waals surface area contributed by atoms with Gasteiger partial charge in [-0.15, -0.1) is 0 Å². The smallest absolute Gasteiger partial charge is 0.184 e. The number of aliphatic hydroxyl groups excluding tert-OH is 8. The van der Waals surface area contributed by atoms with Crippen molar-refractivity contribution in [1.29, 1.82) is 0 Å². The number of hydrogen-bond donors (Lipinski definition) is 8. The first-order valence-corrected chi connectivity index (χ1v) is 6.19. The van der Waals surface area contributed by atoms with Crippen molar-refractivity contribution in [2.24, 2.45) is 0 Å². The van der Waals surface area contributed by atoms with Crippen molar-refractivity contribution in [3.63, 3.8) is 0 Å². The lowest BCUT2D eigenvalue weighted by Crippen LogP contribution is -2.58. The van der Waals surface area contributed by atoms with E-state index in [2.05, 4.69) is 4.74 Å². The predicted octanol–water partition coefficient (Wildman–Crippen LogP) is -4.93. The summed E-state index contributed by atoms with van der Waals surface area (Å²) in [6.07, 6.45) is -9.02. The Bertz CT molecular complexity index is 283. The summed E-state index contributed by atoms with van der Waals surface area (Å²) >= 11 is 0. The number of hydrogen-bond acceptors (Lipinski definition) is 10. The molecule has 0 amide bonds. The second kappa shape index (κ2) is 10.1. The van der Waals surface area contributed by atoms with Gasteiger partial charge < -0.3 is 50.4 Å². The lowest BCUT2D eigenvalue weighted by Gasteiger charge is -2.37. The highest BCUT2D eigenvalue weighted by molar-refractivity contribution is 5.50. The largest absolute Gasteiger partial charge is 0.394 e. The summed E-state index contributed by atoms with van der Waals surface area (Å²) in [7, 11) is 0. The van der Waals surface area contributed by atoms with Crippen molar-refractivity contribution in [3.8, 4) is 0 Å². The van der Waals surface area contributed by atoms with E-state index in [-0.39, 0.29) is 6.42 Å². The second-order valence-electron chi connectivity index (χ2n) is 4.44. The van der Waals surface area contributed by atoms with Crippen LogP contribution in [0.1, 0.15) is 6.42 Å². The van der Waals surface area contributed by atoms with Gasteiger partial charge in [-0.3, -0.25) is 0 Å². The fourth-order valence-corrected chi connectivity index (χ4v) is 1.46. The van der Waals surface area contributed by atoms with Gasteiger partial charge in [0.15, 0.2) is 6.29 Å². The molecule has 0 aromatic heterocycles. The van der Waals surface area contributed by atoms with Gasteiger partial charge >= 0.3 is 0 Å². The normalized spacial score (nSPS) is 35.3. The molecule has 0 aromatic rings. The maximum Gasteiger partial charge on any atom is 0.184 e. The van der Waals surface area contributed by atoms with Crippen molar-refractivity contribution in [1.82, 2.24) is 0 Å². The monoisotopic (exact) mass is 314 g/mol. The zero-order chi connectivity index (χ0) is 16.6. The Morgan fingerprint density at radius 3 is 1.95 bits per heavy atom. The molecule has 10 heteroatoms. The van der Waals surface area contributed by atoms with Crippen LogP contribution in [-0.4, -0.2) is 103 Å². The number of rotatable bonds is 5. The lowest BCUT2D eigenvalue weighted by atomic mass is 10.00. The molecule has 126 valence electrons. The third kappa shape index (κ3) is 6.30. The number of carbonyl (C=O) groups excluding carboxylic acids is 1. The van der Waals surface area contributed by atoms with Gasteiger partial charge in [-0.2, -0.15) is 0 Å². The molecule has 0 aliphatic carbocycles. The van der Waals surface area contributed by atoms with E-state index < -0.39 is 56.1 Å². The summed E-state index contributed by atoms with van der Waals surface area (Å²) in [5.41, 5.74) is 0. The van der Waals surface area contributed by atoms with E-state index in [9.17, 15) is 4.79 Å². The number of carbonyl (C=O) groups is 1. The third-order valence-electron chi connectivity index (χ3n) is 2.84. The summed E-state index contributed by atoms with van der Waals surface area (Å²) in [4.78, 5) is 9.68. The molecule has 1 fully saturated rings. The van der Waals surface area contributed by atoms with E-state index in [1.54, 1.807) is 0 Å². The maximum absolute atomic E-state index is 9.68. The first kappa shape index (κ1) is 20.3. The molecule has 21 heavy (non-hydrogen) atoms. The summed E-state index contributed by atoms with van der Waals surface area (Å²) in [5, 5.41) is 70.1. The number of aldehydes is 1. The minimum atomic E-state index is -1.57. The standard InChI is InChI=1S/C6H12O6.C5H10O4/c7-1-2-3(8)4(9)5(10)6(11)12-2;6-2-1-4(8)5(9)3-7/h2-11H,1H2;2,4-5,7-9H,1,3H2/t2-,3-,4+,5+,6?;4-,5+/m10/s1. The van der Waals surface area contributed by atoms with Crippen molar-refractivity contribution >= 4 is 6.29 Å². The van der Waals surface area contributed by atoms with Crippen LogP contribution in [0.15, 0.2) is 0 Å². The van der Waals surface area contributed by atoms with Crippen molar-refractivity contribution < 1.29 is 50.4 Å². The fraction of sp³-hybridized carbons (Fsp3) is 0.909. The summed E-state index contributed by atoms with van der Waals surface area (Å²) in [6, 6.07) is 0. The van der Waals surface area contributed by atoms with Crippen LogP contribution in [0.5, 0.6) is 0 Å². The molecule has 0 saturated carbocycles. The fourth-order valence-electron chi connectivity index (χ4n) is 1.46. The van der Waals surface area contributed by atoms with Crippen molar-refractivity contribution in [3.05, 3.63) is 0 Å². The Morgan fingerprint density at radius 2 is 1.52 bits per heavy atom. The molecule has 1 heterocycles. The zero-order valence-electron chi connectivity index (χ0n) is 11.1. The Hall–Kier alpha value is -0.690. The highest BCUT2D eigenvalue weighted by Crippen LogP contribution is 2.18. The average molecular weight is 314 g/mol. The molecule has 8 N–H and O–H groups in total. The molecular weight excluding hydrogens is 292 g/mol. The Morgan fingerprint density at radius 1 is 0.952 bits per heavy atom. The predicted molar refractivity (Wildman–Crippen MR) is 65.8 cm³/mol. The molecule has 0 spiro atoms. The van der Waals surface area contributed by atoms with Crippen molar-refractivity contribution in [2.75, 3.05) is 13.2 Å². The molecule has 7 atom stereocenters. The SMILES string of the molecule is O=CC[C@H](O)[C@H](O)CO.OC[C@H]1OC(O)[C@@H](O)[C@@H](O)[C@@H]1O. The van der Waals surface area contributed by atoms with E-state index in [1.165, 1.54) is 0 Å². The Balaban J connectivity index is 0.000000400. The van der Waals surface area contributed by atoms with Gasteiger partial charge in [-0.25, -0.2) is 0 Å². The van der Waals surface area contributed by atoms with Crippen LogP contribution >= 0.6 is 0 Å². The molecule has 0 bridgehead atoms. The van der Waals surface area contributed by atoms with Gasteiger partial charge in [0.1, 0.15) is 36.8 Å². The highest BCUT2D eigenvalue weighted by Gasteiger charge is 2.42. The van der Waals surface area contributed by atoms with E-state index in [0.717, 1.165) is 0 Å². The highest BCUT2D eigenvalue weighted by atomic mass is 16.6. The first-order chi connectivity index (χ1) is 9.79. The molecule has 1 rings (SSSR count). The molecule has 1 unspecified atom stereocenters. The van der Waals surface area contributed by atoms with Crippen LogP contribution in [0.4, 0.5) is 0 Å². The average Bonchev–Trinajstić information content (AvgIpc) is 2.48. The Labute approximate surface area is 120 Å². The number of aliphatic hydroxyl groups is 8. The maximum atomic E-state index is 9.68. The zero-order valence-corrected chi connectivity index (χ0v) is 11.1. The summed E-state index contributed by atoms with van der Waals surface area (Å²) in [6.45, 7) is -1.04. The molecule has 1 aliphatic rings. The Kier molecular flexibility index (Phi) is 9.77. The van der Waals surface area contributed by atoms with Gasteiger partial charge in [0.05, 0.1) is 19.3 Å². The number of ether oxygens (including phenoxy) is 1. The minimum Gasteiger partial charge on any atom is -0.394 e. The summed E-state index contributed by atoms with van der Waals surface area (Å²) in [5.74, 6) is 0. The molecule has 0 radical (unpaired) electrons. The van der Waals surface area contributed by atoms with Gasteiger partial charge in [-0.05, 0) is 0 Å². The van der Waals surface area contributed by atoms with Crippen LogP contribution in [-0.2, 0) is 9.53 Å². The quantitative estimate of drug-likeness (QED) is 0.228. The van der Waals surface area contributed by atoms with E-state index in [0.29, 0.717) is 6.29 Å². The molecule has 10 nitrogen and oxygen atoms in total. The van der Waals surface area contributed by atoms with Gasteiger partial charge in [0.25, 0.3) is 0 Å². The summed E-state index contributed by atoms with van der Waals surface area (Å²) < 4.78 is 4.58. The molecular formula is C11H22O10. The van der Waals surface area contributed by atoms with Crippen LogP contribution in [0.2, 0.25) is 0 Å². The third-order valence-corrected chi connectivity index (χ3v) is 2.84. The molecule has 1 saturated heterocycles. The van der Waals surface area contributed by atoms with Crippen LogP contribution in [0, 0.1) is 0 Å². The van der Waals surface area contributed by atoms with E-state index >= 15 is 0 Å². The van der Waals surface area contributed by atoms with Crippen LogP contribution in [0.3, 0.4) is 0 Å². The first-order valence-electron chi connectivity index (χ1n) is 6.19. The molecule has 0 aromatic carbocycles. The van der Waals surface area contributed by atoms with Gasteiger partial charge in [0.2, 0.25) is 0 Å². The second-order valence-corrected chi connectivity index (χ2v) is 4.44. The lowest BCUT2D eigenvalue weighted by molar-refractivity contribution is -0.286. The molecule has 1 aliphatic heterocycles. The van der Waals surface area contributed by atoms with Gasteiger partial charge in [-0.1, -0.05) is 0 Å². The van der Waals surface area contributed by atoms with E-state index in [1.807, 2.05) is 0 Å². The van der Waals surface area contributed by atoms with Crippen molar-refractivity contribution in [2.45, 2.75) is 49.3 Å². The van der Waals surface area contributed by atoms with Crippen LogP contribution < -0.4 is 0 Å². The van der Waals surface area contributed by atoms with E-state index in [4.69, 9.17) is 40.9 Å². The van der Waals surface area contributed by atoms with Gasteiger partial charge in [0, 0.05) is 6.42 Å².